The maximum Gasteiger partial charge on any atom is 0.416 e. The van der Waals surface area contributed by atoms with Gasteiger partial charge in [-0.3, -0.25) is 9.59 Å². The van der Waals surface area contributed by atoms with Crippen molar-refractivity contribution in [2.45, 2.75) is 19.2 Å². The molecule has 0 radical (unpaired) electrons. The summed E-state index contributed by atoms with van der Waals surface area (Å²) in [5.41, 5.74) is -0.439. The Morgan fingerprint density at radius 3 is 2.38 bits per heavy atom. The Kier molecular flexibility index (Phi) is 7.18. The van der Waals surface area contributed by atoms with Gasteiger partial charge in [0.2, 0.25) is 6.10 Å². The number of halogens is 3. The van der Waals surface area contributed by atoms with Crippen molar-refractivity contribution in [3.63, 3.8) is 0 Å². The van der Waals surface area contributed by atoms with Crippen LogP contribution < -0.4 is 15.4 Å². The molecular formula is C19H18F3N3O4. The summed E-state index contributed by atoms with van der Waals surface area (Å²) in [5.74, 6) is -0.693. The number of carbonyl (C=O) groups is 2. The summed E-state index contributed by atoms with van der Waals surface area (Å²) in [6.07, 6.45) is -4.82. The minimum atomic E-state index is -4.52. The summed E-state index contributed by atoms with van der Waals surface area (Å²) < 4.78 is 43.0. The van der Waals surface area contributed by atoms with Crippen LogP contribution in [0.4, 0.5) is 24.5 Å². The molecule has 1 atom stereocenters. The van der Waals surface area contributed by atoms with Crippen LogP contribution >= 0.6 is 0 Å². The van der Waals surface area contributed by atoms with E-state index in [2.05, 4.69) is 15.8 Å². The van der Waals surface area contributed by atoms with Crippen molar-refractivity contribution in [1.29, 1.82) is 0 Å². The number of ether oxygens (including phenoxy) is 1. The predicted octanol–water partition coefficient (Wildman–Crippen LogP) is 3.68. The zero-order valence-corrected chi connectivity index (χ0v) is 15.5. The summed E-state index contributed by atoms with van der Waals surface area (Å²) in [6, 6.07) is 10.7. The molecule has 0 aromatic heterocycles. The van der Waals surface area contributed by atoms with Gasteiger partial charge in [0.25, 0.3) is 11.8 Å². The van der Waals surface area contributed by atoms with Crippen LogP contribution in [-0.2, 0) is 20.6 Å². The van der Waals surface area contributed by atoms with Crippen molar-refractivity contribution in [2.24, 2.45) is 5.16 Å². The number of benzene rings is 2. The molecule has 0 aliphatic carbocycles. The Morgan fingerprint density at radius 1 is 1.07 bits per heavy atom. The van der Waals surface area contributed by atoms with Crippen molar-refractivity contribution in [2.75, 3.05) is 17.7 Å². The number of alkyl halides is 3. The first-order valence-electron chi connectivity index (χ1n) is 8.31. The van der Waals surface area contributed by atoms with Crippen molar-refractivity contribution in [3.8, 4) is 5.75 Å². The van der Waals surface area contributed by atoms with Crippen LogP contribution in [0, 0.1) is 0 Å². The molecule has 2 N–H and O–H groups in total. The quantitative estimate of drug-likeness (QED) is 0.539. The van der Waals surface area contributed by atoms with Crippen molar-refractivity contribution in [1.82, 2.24) is 0 Å². The van der Waals surface area contributed by atoms with Crippen LogP contribution in [0.15, 0.2) is 53.7 Å². The van der Waals surface area contributed by atoms with Gasteiger partial charge in [-0.2, -0.15) is 13.2 Å². The lowest BCUT2D eigenvalue weighted by Gasteiger charge is -2.11. The number of anilines is 2. The van der Waals surface area contributed by atoms with Gasteiger partial charge >= 0.3 is 6.18 Å². The number of hydrogen-bond acceptors (Lipinski definition) is 5. The molecule has 2 aromatic rings. The Labute approximate surface area is 164 Å². The average molecular weight is 409 g/mol. The molecule has 2 rings (SSSR count). The molecule has 0 heterocycles. The standard InChI is InChI=1S/C19H18F3N3O4/c1-12(18(27)25-14-6-8-16(28-2)9-7-14)29-23-11-17(26)24-15-5-3-4-13(10-15)19(20,21)22/h3-12H,1-2H3,(H,24,26)(H,25,27)/b23-11+. The molecule has 0 fully saturated rings. The number of methoxy groups -OCH3 is 1. The van der Waals surface area contributed by atoms with Gasteiger partial charge in [0, 0.05) is 11.4 Å². The van der Waals surface area contributed by atoms with Gasteiger partial charge in [0.05, 0.1) is 12.7 Å². The highest BCUT2D eigenvalue weighted by molar-refractivity contribution is 6.31. The summed E-state index contributed by atoms with van der Waals surface area (Å²) in [6.45, 7) is 1.42. The minimum absolute atomic E-state index is 0.0541. The highest BCUT2D eigenvalue weighted by Gasteiger charge is 2.30. The fourth-order valence-corrected chi connectivity index (χ4v) is 2.08. The molecular weight excluding hydrogens is 391 g/mol. The van der Waals surface area contributed by atoms with E-state index >= 15 is 0 Å². The van der Waals surface area contributed by atoms with Crippen molar-refractivity contribution < 1.29 is 32.3 Å². The molecule has 0 spiro atoms. The van der Waals surface area contributed by atoms with E-state index in [0.717, 1.165) is 24.4 Å². The van der Waals surface area contributed by atoms with Gasteiger partial charge in [-0.15, -0.1) is 0 Å². The van der Waals surface area contributed by atoms with Crippen molar-refractivity contribution in [3.05, 3.63) is 54.1 Å². The lowest BCUT2D eigenvalue weighted by molar-refractivity contribution is -0.137. The Morgan fingerprint density at radius 2 is 1.76 bits per heavy atom. The van der Waals surface area contributed by atoms with E-state index in [1.807, 2.05) is 0 Å². The summed E-state index contributed by atoms with van der Waals surface area (Å²) in [4.78, 5) is 28.7. The molecule has 0 bridgehead atoms. The third-order valence-corrected chi connectivity index (χ3v) is 3.57. The first-order valence-corrected chi connectivity index (χ1v) is 8.31. The maximum absolute atomic E-state index is 12.7. The van der Waals surface area contributed by atoms with E-state index in [1.54, 1.807) is 24.3 Å². The second-order valence-electron chi connectivity index (χ2n) is 5.77. The Hall–Kier alpha value is -3.56. The van der Waals surface area contributed by atoms with Gasteiger partial charge in [-0.05, 0) is 49.4 Å². The van der Waals surface area contributed by atoms with Crippen LogP contribution in [0.3, 0.4) is 0 Å². The lowest BCUT2D eigenvalue weighted by Crippen LogP contribution is -2.26. The van der Waals surface area contributed by atoms with E-state index in [1.165, 1.54) is 20.1 Å². The van der Waals surface area contributed by atoms with Gasteiger partial charge < -0.3 is 20.2 Å². The third-order valence-electron chi connectivity index (χ3n) is 3.57. The van der Waals surface area contributed by atoms with Gasteiger partial charge in [0.1, 0.15) is 12.0 Å². The number of rotatable bonds is 7. The largest absolute Gasteiger partial charge is 0.497 e. The maximum atomic E-state index is 12.7. The lowest BCUT2D eigenvalue weighted by atomic mass is 10.2. The molecule has 0 saturated heterocycles. The van der Waals surface area contributed by atoms with E-state index < -0.39 is 29.7 Å². The van der Waals surface area contributed by atoms with Crippen LogP contribution in [0.1, 0.15) is 12.5 Å². The van der Waals surface area contributed by atoms with Crippen LogP contribution in [-0.4, -0.2) is 31.2 Å². The van der Waals surface area contributed by atoms with Crippen LogP contribution in [0.2, 0.25) is 0 Å². The monoisotopic (exact) mass is 409 g/mol. The fraction of sp³-hybridized carbons (Fsp3) is 0.211. The zero-order chi connectivity index (χ0) is 21.4. The average Bonchev–Trinajstić information content (AvgIpc) is 2.68. The van der Waals surface area contributed by atoms with Crippen molar-refractivity contribution >= 4 is 29.4 Å². The van der Waals surface area contributed by atoms with E-state index in [9.17, 15) is 22.8 Å². The Bertz CT molecular complexity index is 883. The number of amides is 2. The highest BCUT2D eigenvalue weighted by atomic mass is 19.4. The van der Waals surface area contributed by atoms with Gasteiger partial charge in [0.15, 0.2) is 0 Å². The smallest absolute Gasteiger partial charge is 0.416 e. The minimum Gasteiger partial charge on any atom is -0.497 e. The SMILES string of the molecule is COc1ccc(NC(=O)C(C)O/N=C/C(=O)Nc2cccc(C(F)(F)F)c2)cc1. The van der Waals surface area contributed by atoms with Gasteiger partial charge in [-0.1, -0.05) is 11.2 Å². The normalized spacial score (nSPS) is 12.3. The van der Waals surface area contributed by atoms with E-state index in [-0.39, 0.29) is 5.69 Å². The first kappa shape index (κ1) is 21.7. The molecule has 2 aromatic carbocycles. The summed E-state index contributed by atoms with van der Waals surface area (Å²) in [7, 11) is 1.52. The fourth-order valence-electron chi connectivity index (χ4n) is 2.08. The van der Waals surface area contributed by atoms with E-state index in [0.29, 0.717) is 11.4 Å². The highest BCUT2D eigenvalue weighted by Crippen LogP contribution is 2.30. The van der Waals surface area contributed by atoms with Crippen LogP contribution in [0.25, 0.3) is 0 Å². The number of nitrogens with zero attached hydrogens (tertiary/aromatic N) is 1. The zero-order valence-electron chi connectivity index (χ0n) is 15.5. The molecule has 0 saturated carbocycles. The van der Waals surface area contributed by atoms with Gasteiger partial charge in [-0.25, -0.2) is 0 Å². The number of carbonyl (C=O) groups excluding carboxylic acids is 2. The molecule has 7 nitrogen and oxygen atoms in total. The molecule has 2 amide bonds. The predicted molar refractivity (Wildman–Crippen MR) is 101 cm³/mol. The summed E-state index contributed by atoms with van der Waals surface area (Å²) >= 11 is 0. The third kappa shape index (κ3) is 6.83. The molecule has 1 unspecified atom stereocenters. The molecule has 29 heavy (non-hydrogen) atoms. The molecule has 154 valence electrons. The number of oxime groups is 1. The molecule has 10 heteroatoms. The number of nitrogens with one attached hydrogen (secondary N) is 2. The first-order chi connectivity index (χ1) is 13.7. The topological polar surface area (TPSA) is 89.0 Å². The number of hydrogen-bond donors (Lipinski definition) is 2. The van der Waals surface area contributed by atoms with Crippen LogP contribution in [0.5, 0.6) is 5.75 Å². The second kappa shape index (κ2) is 9.58. The molecule has 0 aliphatic rings. The second-order valence-corrected chi connectivity index (χ2v) is 5.77. The van der Waals surface area contributed by atoms with E-state index in [4.69, 9.17) is 9.57 Å². The summed E-state index contributed by atoms with van der Waals surface area (Å²) in [5, 5.41) is 8.21. The molecule has 0 aliphatic heterocycles. The Balaban J connectivity index is 1.84.